The minimum absolute atomic E-state index is 0.102. The van der Waals surface area contributed by atoms with Gasteiger partial charge in [0.1, 0.15) is 21.3 Å². The molecular weight excluding hydrogens is 468 g/mol. The topological polar surface area (TPSA) is 113 Å². The van der Waals surface area contributed by atoms with Crippen LogP contribution in [-0.4, -0.2) is 50.3 Å². The van der Waals surface area contributed by atoms with Crippen LogP contribution in [0.3, 0.4) is 0 Å². The Morgan fingerprint density at radius 1 is 1.00 bits per heavy atom. The van der Waals surface area contributed by atoms with E-state index in [2.05, 4.69) is 10.3 Å². The van der Waals surface area contributed by atoms with E-state index in [1.807, 2.05) is 12.1 Å². The molecule has 1 amide bonds. The average molecular weight is 491 g/mol. The van der Waals surface area contributed by atoms with Crippen molar-refractivity contribution in [2.45, 2.75) is 13.5 Å². The molecule has 1 N–H and O–H groups in total. The Balaban J connectivity index is 1.72. The number of carbonyl (C=O) groups is 3. The van der Waals surface area contributed by atoms with Crippen molar-refractivity contribution in [3.8, 4) is 16.9 Å². The standard InChI is InChI=1S/C22H22N2O7S2/c1-4-30-22(27)19-15(13-5-7-14(29-3)8-6-13)11-33-20(19)24-17(25)9-31-21(26)16-12-32-18(23-16)10-28-2/h5-8,11-12H,4,9-10H2,1-3H3,(H,24,25). The monoisotopic (exact) mass is 490 g/mol. The maximum atomic E-state index is 12.6. The number of benzene rings is 1. The lowest BCUT2D eigenvalue weighted by atomic mass is 10.0. The second kappa shape index (κ2) is 11.5. The number of hydrogen-bond donors (Lipinski definition) is 1. The quantitative estimate of drug-likeness (QED) is 0.424. The van der Waals surface area contributed by atoms with E-state index in [0.29, 0.717) is 21.3 Å². The predicted octanol–water partition coefficient (Wildman–Crippen LogP) is 4.00. The summed E-state index contributed by atoms with van der Waals surface area (Å²) in [6.07, 6.45) is 0. The lowest BCUT2D eigenvalue weighted by Crippen LogP contribution is -2.22. The van der Waals surface area contributed by atoms with Crippen molar-refractivity contribution in [3.63, 3.8) is 0 Å². The Morgan fingerprint density at radius 2 is 1.76 bits per heavy atom. The number of ether oxygens (including phenoxy) is 4. The highest BCUT2D eigenvalue weighted by atomic mass is 32.1. The Bertz CT molecular complexity index is 1120. The van der Waals surface area contributed by atoms with Crippen molar-refractivity contribution in [2.24, 2.45) is 0 Å². The molecule has 0 atom stereocenters. The number of methoxy groups -OCH3 is 2. The van der Waals surface area contributed by atoms with Gasteiger partial charge in [-0.1, -0.05) is 12.1 Å². The van der Waals surface area contributed by atoms with Gasteiger partial charge >= 0.3 is 11.9 Å². The van der Waals surface area contributed by atoms with Crippen molar-refractivity contribution in [1.29, 1.82) is 0 Å². The molecule has 0 radical (unpaired) electrons. The zero-order valence-electron chi connectivity index (χ0n) is 18.2. The summed E-state index contributed by atoms with van der Waals surface area (Å²) in [7, 11) is 3.09. The van der Waals surface area contributed by atoms with Crippen molar-refractivity contribution < 1.29 is 33.3 Å². The molecule has 0 spiro atoms. The smallest absolute Gasteiger partial charge is 0.358 e. The average Bonchev–Trinajstić information content (AvgIpc) is 3.45. The number of nitrogens with zero attached hydrogens (tertiary/aromatic N) is 1. The van der Waals surface area contributed by atoms with Gasteiger partial charge in [-0.05, 0) is 24.6 Å². The van der Waals surface area contributed by atoms with Gasteiger partial charge in [0, 0.05) is 23.4 Å². The number of amides is 1. The number of nitrogens with one attached hydrogen (secondary N) is 1. The first-order chi connectivity index (χ1) is 16.0. The number of aromatic nitrogens is 1. The van der Waals surface area contributed by atoms with E-state index < -0.39 is 24.5 Å². The summed E-state index contributed by atoms with van der Waals surface area (Å²) in [5.74, 6) is -1.20. The molecule has 2 heterocycles. The minimum Gasteiger partial charge on any atom is -0.497 e. The summed E-state index contributed by atoms with van der Waals surface area (Å²) in [4.78, 5) is 41.3. The first kappa shape index (κ1) is 24.4. The van der Waals surface area contributed by atoms with E-state index in [-0.39, 0.29) is 24.5 Å². The summed E-state index contributed by atoms with van der Waals surface area (Å²) in [6, 6.07) is 7.16. The van der Waals surface area contributed by atoms with Crippen LogP contribution in [0, 0.1) is 0 Å². The molecule has 33 heavy (non-hydrogen) atoms. The number of anilines is 1. The summed E-state index contributed by atoms with van der Waals surface area (Å²) < 4.78 is 20.4. The maximum absolute atomic E-state index is 12.6. The highest BCUT2D eigenvalue weighted by Gasteiger charge is 2.23. The maximum Gasteiger partial charge on any atom is 0.358 e. The summed E-state index contributed by atoms with van der Waals surface area (Å²) in [5, 5.41) is 6.85. The molecule has 11 heteroatoms. The molecule has 0 saturated heterocycles. The third-order valence-electron chi connectivity index (χ3n) is 4.29. The van der Waals surface area contributed by atoms with Gasteiger partial charge in [0.15, 0.2) is 12.3 Å². The molecule has 0 aliphatic heterocycles. The Kier molecular flexibility index (Phi) is 8.52. The van der Waals surface area contributed by atoms with Crippen LogP contribution in [0.25, 0.3) is 11.1 Å². The van der Waals surface area contributed by atoms with Crippen LogP contribution in [-0.2, 0) is 25.6 Å². The third-order valence-corrected chi connectivity index (χ3v) is 6.01. The van der Waals surface area contributed by atoms with Crippen LogP contribution in [0.1, 0.15) is 32.8 Å². The van der Waals surface area contributed by atoms with Gasteiger partial charge in [0.25, 0.3) is 5.91 Å². The second-order valence-corrected chi connectivity index (χ2v) is 8.31. The van der Waals surface area contributed by atoms with Crippen LogP contribution in [0.2, 0.25) is 0 Å². The minimum atomic E-state index is -0.723. The largest absolute Gasteiger partial charge is 0.497 e. The van der Waals surface area contributed by atoms with E-state index in [1.165, 1.54) is 35.2 Å². The van der Waals surface area contributed by atoms with Crippen LogP contribution < -0.4 is 10.1 Å². The highest BCUT2D eigenvalue weighted by Crippen LogP contribution is 2.36. The number of hydrogen-bond acceptors (Lipinski definition) is 10. The molecule has 0 fully saturated rings. The van der Waals surface area contributed by atoms with Crippen molar-refractivity contribution in [2.75, 3.05) is 32.8 Å². The van der Waals surface area contributed by atoms with Crippen molar-refractivity contribution >= 4 is 45.5 Å². The fraction of sp³-hybridized carbons (Fsp3) is 0.273. The van der Waals surface area contributed by atoms with Crippen LogP contribution >= 0.6 is 22.7 Å². The van der Waals surface area contributed by atoms with Crippen LogP contribution in [0.5, 0.6) is 5.75 Å². The molecular formula is C22H22N2O7S2. The van der Waals surface area contributed by atoms with Crippen LogP contribution in [0.15, 0.2) is 35.0 Å². The fourth-order valence-electron chi connectivity index (χ4n) is 2.80. The summed E-state index contributed by atoms with van der Waals surface area (Å²) in [6.45, 7) is 1.63. The molecule has 0 aliphatic carbocycles. The molecule has 0 aliphatic rings. The Labute approximate surface area is 198 Å². The van der Waals surface area contributed by atoms with Crippen LogP contribution in [0.4, 0.5) is 5.00 Å². The molecule has 174 valence electrons. The van der Waals surface area contributed by atoms with Gasteiger partial charge in [-0.15, -0.1) is 22.7 Å². The SMILES string of the molecule is CCOC(=O)c1c(-c2ccc(OC)cc2)csc1NC(=O)COC(=O)c1csc(COC)n1. The molecule has 0 saturated carbocycles. The van der Waals surface area contributed by atoms with E-state index in [1.54, 1.807) is 31.5 Å². The number of esters is 2. The normalized spacial score (nSPS) is 10.5. The zero-order chi connectivity index (χ0) is 23.8. The van der Waals surface area contributed by atoms with Crippen molar-refractivity contribution in [1.82, 2.24) is 4.98 Å². The number of carbonyl (C=O) groups excluding carboxylic acids is 3. The lowest BCUT2D eigenvalue weighted by molar-refractivity contribution is -0.119. The molecule has 3 aromatic rings. The van der Waals surface area contributed by atoms with Gasteiger partial charge in [-0.3, -0.25) is 4.79 Å². The number of thiazole rings is 1. The third kappa shape index (κ3) is 6.15. The van der Waals surface area contributed by atoms with Gasteiger partial charge < -0.3 is 24.3 Å². The van der Waals surface area contributed by atoms with E-state index in [9.17, 15) is 14.4 Å². The Hall–Kier alpha value is -3.28. The lowest BCUT2D eigenvalue weighted by Gasteiger charge is -2.09. The molecule has 9 nitrogen and oxygen atoms in total. The highest BCUT2D eigenvalue weighted by molar-refractivity contribution is 7.15. The van der Waals surface area contributed by atoms with Gasteiger partial charge in [-0.25, -0.2) is 14.6 Å². The first-order valence-electron chi connectivity index (χ1n) is 9.80. The van der Waals surface area contributed by atoms with E-state index >= 15 is 0 Å². The molecule has 3 rings (SSSR count). The molecule has 0 unspecified atom stereocenters. The fourth-order valence-corrected chi connectivity index (χ4v) is 4.51. The van der Waals surface area contributed by atoms with E-state index in [0.717, 1.165) is 5.56 Å². The zero-order valence-corrected chi connectivity index (χ0v) is 19.8. The molecule has 0 bridgehead atoms. The molecule has 2 aromatic heterocycles. The van der Waals surface area contributed by atoms with Gasteiger partial charge in [-0.2, -0.15) is 0 Å². The Morgan fingerprint density at radius 3 is 2.42 bits per heavy atom. The molecule has 1 aromatic carbocycles. The summed E-state index contributed by atoms with van der Waals surface area (Å²) in [5.41, 5.74) is 1.71. The second-order valence-electron chi connectivity index (χ2n) is 6.49. The van der Waals surface area contributed by atoms with E-state index in [4.69, 9.17) is 18.9 Å². The number of thiophene rings is 1. The first-order valence-corrected chi connectivity index (χ1v) is 11.6. The van der Waals surface area contributed by atoms with Crippen molar-refractivity contribution in [3.05, 3.63) is 51.3 Å². The van der Waals surface area contributed by atoms with Gasteiger partial charge in [0.05, 0.1) is 20.3 Å². The number of rotatable bonds is 10. The van der Waals surface area contributed by atoms with Gasteiger partial charge in [0.2, 0.25) is 0 Å². The predicted molar refractivity (Wildman–Crippen MR) is 124 cm³/mol. The summed E-state index contributed by atoms with van der Waals surface area (Å²) >= 11 is 2.43.